The van der Waals surface area contributed by atoms with Gasteiger partial charge in [-0.05, 0) is 72.4 Å². The lowest BCUT2D eigenvalue weighted by molar-refractivity contribution is 0.0696. The molecule has 37 heavy (non-hydrogen) atoms. The summed E-state index contributed by atoms with van der Waals surface area (Å²) in [6.45, 7) is 4.03. The Labute approximate surface area is 220 Å². The van der Waals surface area contributed by atoms with Crippen LogP contribution in [0.5, 0.6) is 5.75 Å². The van der Waals surface area contributed by atoms with Crippen LogP contribution in [-0.4, -0.2) is 48.4 Å². The third kappa shape index (κ3) is 5.73. The first-order valence-electron chi connectivity index (χ1n) is 12.5. The number of carboxylic acid groups (broad SMARTS) is 1. The number of alkyl halides is 1. The van der Waals surface area contributed by atoms with E-state index in [1.54, 1.807) is 18.2 Å². The molecule has 5 rings (SSSR count). The third-order valence-corrected chi connectivity index (χ3v) is 8.09. The van der Waals surface area contributed by atoms with Crippen molar-refractivity contribution in [3.05, 3.63) is 100 Å². The highest BCUT2D eigenvalue weighted by Crippen LogP contribution is 2.48. The van der Waals surface area contributed by atoms with Crippen LogP contribution in [0.25, 0.3) is 5.57 Å². The van der Waals surface area contributed by atoms with Gasteiger partial charge in [-0.15, -0.1) is 11.8 Å². The number of hydrogen-bond acceptors (Lipinski definition) is 4. The predicted octanol–water partition coefficient (Wildman–Crippen LogP) is 6.92. The fourth-order valence-electron chi connectivity index (χ4n) is 4.94. The molecule has 3 aromatic rings. The molecule has 0 aliphatic carbocycles. The summed E-state index contributed by atoms with van der Waals surface area (Å²) in [7, 11) is 0. The number of benzene rings is 3. The minimum Gasteiger partial charge on any atom is -0.489 e. The summed E-state index contributed by atoms with van der Waals surface area (Å²) < 4.78 is 33.6. The number of aryl methyl sites for hydroxylation is 1. The van der Waals surface area contributed by atoms with Gasteiger partial charge in [0.05, 0.1) is 17.5 Å². The van der Waals surface area contributed by atoms with E-state index in [0.29, 0.717) is 12.0 Å². The van der Waals surface area contributed by atoms with Crippen LogP contribution in [0.1, 0.15) is 50.7 Å². The second-order valence-corrected chi connectivity index (χ2v) is 10.7. The van der Waals surface area contributed by atoms with E-state index in [0.717, 1.165) is 59.0 Å². The summed E-state index contributed by atoms with van der Waals surface area (Å²) >= 11 is 1.46. The lowest BCUT2D eigenvalue weighted by atomic mass is 9.94. The van der Waals surface area contributed by atoms with Crippen LogP contribution >= 0.6 is 11.8 Å². The molecular formula is C30H29F2NO3S. The molecule has 7 heteroatoms. The minimum absolute atomic E-state index is 0.0832. The fourth-order valence-corrected chi connectivity index (χ4v) is 6.24. The van der Waals surface area contributed by atoms with Gasteiger partial charge in [-0.25, -0.2) is 9.18 Å². The molecule has 1 fully saturated rings. The summed E-state index contributed by atoms with van der Waals surface area (Å²) in [5.41, 5.74) is 4.43. The van der Waals surface area contributed by atoms with Crippen LogP contribution < -0.4 is 4.74 Å². The zero-order valence-corrected chi connectivity index (χ0v) is 21.4. The van der Waals surface area contributed by atoms with Crippen LogP contribution in [0.15, 0.2) is 71.6 Å². The average Bonchev–Trinajstić information content (AvgIpc) is 3.34. The first-order valence-corrected chi connectivity index (χ1v) is 13.4. The highest BCUT2D eigenvalue weighted by atomic mass is 32.2. The van der Waals surface area contributed by atoms with Crippen molar-refractivity contribution in [3.8, 4) is 5.75 Å². The van der Waals surface area contributed by atoms with Crippen molar-refractivity contribution in [2.24, 2.45) is 0 Å². The van der Waals surface area contributed by atoms with Crippen LogP contribution in [0.3, 0.4) is 0 Å². The normalized spacial score (nSPS) is 19.4. The van der Waals surface area contributed by atoms with Gasteiger partial charge in [0.15, 0.2) is 0 Å². The molecule has 1 unspecified atom stereocenters. The minimum atomic E-state index is -0.991. The maximum Gasteiger partial charge on any atom is 0.335 e. The molecule has 0 amide bonds. The number of nitrogens with zero attached hydrogens (tertiary/aromatic N) is 1. The van der Waals surface area contributed by atoms with Gasteiger partial charge in [0.1, 0.15) is 17.7 Å². The van der Waals surface area contributed by atoms with Crippen LogP contribution in [0, 0.1) is 12.7 Å². The van der Waals surface area contributed by atoms with Gasteiger partial charge >= 0.3 is 5.97 Å². The van der Waals surface area contributed by atoms with E-state index in [-0.39, 0.29) is 29.4 Å². The van der Waals surface area contributed by atoms with E-state index in [2.05, 4.69) is 11.0 Å². The average molecular weight is 522 g/mol. The van der Waals surface area contributed by atoms with Crippen LogP contribution in [0.4, 0.5) is 8.78 Å². The van der Waals surface area contributed by atoms with Crippen molar-refractivity contribution < 1.29 is 23.4 Å². The number of carbonyl (C=O) groups is 1. The van der Waals surface area contributed by atoms with Gasteiger partial charge in [0, 0.05) is 30.1 Å². The summed E-state index contributed by atoms with van der Waals surface area (Å²) in [4.78, 5) is 14.7. The molecule has 2 aliphatic heterocycles. The number of hydrogen-bond donors (Lipinski definition) is 1. The van der Waals surface area contributed by atoms with Gasteiger partial charge in [0.2, 0.25) is 0 Å². The Hall–Kier alpha value is -3.16. The van der Waals surface area contributed by atoms with Crippen LogP contribution in [-0.2, 0) is 0 Å². The standard InChI is InChI=1S/C30H29F2NO3S/c1-19-3-9-25(27(32)15-19)29-17-26(24-10-6-21(30(34)35)16-28(24)37-29)20-4-7-22(8-5-20)36-23-11-14-33(18-23)13-2-12-31/h3-10,15-17,23,29H,2,11-14,18H2,1H3,(H,34,35)/t23-,29?/m0/s1. The lowest BCUT2D eigenvalue weighted by Gasteiger charge is -2.25. The molecule has 2 heterocycles. The Morgan fingerprint density at radius 1 is 1.14 bits per heavy atom. The molecule has 192 valence electrons. The summed E-state index contributed by atoms with van der Waals surface area (Å²) in [5.74, 6) is -0.490. The third-order valence-electron chi connectivity index (χ3n) is 6.86. The van der Waals surface area contributed by atoms with Crippen molar-refractivity contribution in [1.29, 1.82) is 0 Å². The molecule has 3 aromatic carbocycles. The van der Waals surface area contributed by atoms with Gasteiger partial charge in [-0.1, -0.05) is 36.4 Å². The second-order valence-electron chi connectivity index (χ2n) is 9.56. The molecule has 2 atom stereocenters. The van der Waals surface area contributed by atoms with Crippen LogP contribution in [0.2, 0.25) is 0 Å². The molecule has 0 radical (unpaired) electrons. The largest absolute Gasteiger partial charge is 0.489 e. The molecule has 1 N–H and O–H groups in total. The fraction of sp³-hybridized carbons (Fsp3) is 0.300. The number of halogens is 2. The highest BCUT2D eigenvalue weighted by Gasteiger charge is 2.26. The lowest BCUT2D eigenvalue weighted by Crippen LogP contribution is -2.26. The zero-order valence-electron chi connectivity index (χ0n) is 20.6. The number of rotatable bonds is 8. The first kappa shape index (κ1) is 25.5. The van der Waals surface area contributed by atoms with Crippen molar-refractivity contribution in [2.45, 2.75) is 36.0 Å². The topological polar surface area (TPSA) is 49.8 Å². The van der Waals surface area contributed by atoms with Gasteiger partial charge in [-0.3, -0.25) is 9.29 Å². The Morgan fingerprint density at radius 2 is 1.95 bits per heavy atom. The number of thioether (sulfide) groups is 1. The van der Waals surface area contributed by atoms with E-state index >= 15 is 0 Å². The van der Waals surface area contributed by atoms with Gasteiger partial charge in [0.25, 0.3) is 0 Å². The Balaban J connectivity index is 1.42. The predicted molar refractivity (Wildman–Crippen MR) is 143 cm³/mol. The number of ether oxygens (including phenoxy) is 1. The summed E-state index contributed by atoms with van der Waals surface area (Å²) in [6, 6.07) is 18.2. The second kappa shape index (κ2) is 11.1. The number of likely N-dealkylation sites (tertiary alicyclic amines) is 1. The summed E-state index contributed by atoms with van der Waals surface area (Å²) in [5, 5.41) is 9.22. The van der Waals surface area contributed by atoms with E-state index in [4.69, 9.17) is 4.74 Å². The Kier molecular flexibility index (Phi) is 7.63. The molecule has 0 bridgehead atoms. The van der Waals surface area contributed by atoms with E-state index < -0.39 is 5.97 Å². The van der Waals surface area contributed by atoms with Crippen molar-refractivity contribution in [2.75, 3.05) is 26.3 Å². The number of aromatic carboxylic acids is 1. The Morgan fingerprint density at radius 3 is 2.68 bits per heavy atom. The molecule has 0 saturated carbocycles. The molecule has 4 nitrogen and oxygen atoms in total. The van der Waals surface area contributed by atoms with Gasteiger partial charge in [-0.2, -0.15) is 0 Å². The number of fused-ring (bicyclic) bond motifs is 1. The number of carboxylic acids is 1. The molecule has 2 aliphatic rings. The van der Waals surface area contributed by atoms with Crippen molar-refractivity contribution >= 4 is 23.3 Å². The van der Waals surface area contributed by atoms with E-state index in [9.17, 15) is 18.7 Å². The molecule has 0 aromatic heterocycles. The molecule has 0 spiro atoms. The maximum atomic E-state index is 14.9. The van der Waals surface area contributed by atoms with E-state index in [1.807, 2.05) is 43.3 Å². The first-order chi connectivity index (χ1) is 17.9. The van der Waals surface area contributed by atoms with Crippen molar-refractivity contribution in [3.63, 3.8) is 0 Å². The van der Waals surface area contributed by atoms with E-state index in [1.165, 1.54) is 17.8 Å². The monoisotopic (exact) mass is 521 g/mol. The Bertz CT molecular complexity index is 1320. The maximum absolute atomic E-state index is 14.9. The quantitative estimate of drug-likeness (QED) is 0.349. The van der Waals surface area contributed by atoms with Crippen molar-refractivity contribution in [1.82, 2.24) is 4.90 Å². The van der Waals surface area contributed by atoms with Gasteiger partial charge < -0.3 is 9.84 Å². The summed E-state index contributed by atoms with van der Waals surface area (Å²) in [6.07, 6.45) is 3.60. The zero-order chi connectivity index (χ0) is 25.9. The molecule has 1 saturated heterocycles. The molecular weight excluding hydrogens is 492 g/mol. The highest BCUT2D eigenvalue weighted by molar-refractivity contribution is 7.99. The SMILES string of the molecule is Cc1ccc(C2C=C(c3ccc(O[C@H]4CCN(CCCF)C4)cc3)c3ccc(C(=O)O)cc3S2)c(F)c1. The smallest absolute Gasteiger partial charge is 0.335 e.